The SMILES string of the molecule is CCOC(=O)CCc1ccc(Br)cc1Cl. The number of carbonyl (C=O) groups is 1. The minimum Gasteiger partial charge on any atom is -0.466 e. The molecule has 4 heteroatoms. The molecule has 0 bridgehead atoms. The first-order valence-corrected chi connectivity index (χ1v) is 5.90. The van der Waals surface area contributed by atoms with Crippen LogP contribution in [0.5, 0.6) is 0 Å². The van der Waals surface area contributed by atoms with Gasteiger partial charge in [0, 0.05) is 15.9 Å². The quantitative estimate of drug-likeness (QED) is 0.792. The first-order valence-electron chi connectivity index (χ1n) is 4.73. The maximum absolute atomic E-state index is 11.1. The molecule has 2 nitrogen and oxygen atoms in total. The standard InChI is InChI=1S/C11H12BrClO2/c1-2-15-11(14)6-4-8-3-5-9(12)7-10(8)13/h3,5,7H,2,4,6H2,1H3. The summed E-state index contributed by atoms with van der Waals surface area (Å²) >= 11 is 9.33. The molecule has 0 fully saturated rings. The lowest BCUT2D eigenvalue weighted by Gasteiger charge is -2.04. The molecule has 15 heavy (non-hydrogen) atoms. The molecule has 0 atom stereocenters. The highest BCUT2D eigenvalue weighted by Gasteiger charge is 2.05. The molecule has 0 unspecified atom stereocenters. The molecule has 0 heterocycles. The van der Waals surface area contributed by atoms with E-state index >= 15 is 0 Å². The van der Waals surface area contributed by atoms with E-state index in [1.807, 2.05) is 18.2 Å². The van der Waals surface area contributed by atoms with E-state index in [0.29, 0.717) is 24.5 Å². The van der Waals surface area contributed by atoms with Gasteiger partial charge in [0.05, 0.1) is 6.61 Å². The van der Waals surface area contributed by atoms with Crippen LogP contribution in [0.15, 0.2) is 22.7 Å². The Hall–Kier alpha value is -0.540. The fourth-order valence-corrected chi connectivity index (χ4v) is 1.96. The Kier molecular flexibility index (Phi) is 5.12. The van der Waals surface area contributed by atoms with Crippen LogP contribution >= 0.6 is 27.5 Å². The number of carbonyl (C=O) groups excluding carboxylic acids is 1. The number of benzene rings is 1. The molecule has 0 aliphatic heterocycles. The van der Waals surface area contributed by atoms with Gasteiger partial charge in [-0.1, -0.05) is 33.6 Å². The molecule has 0 aliphatic carbocycles. The predicted molar refractivity (Wildman–Crippen MR) is 64.1 cm³/mol. The van der Waals surface area contributed by atoms with Crippen LogP contribution in [0, 0.1) is 0 Å². The summed E-state index contributed by atoms with van der Waals surface area (Å²) in [4.78, 5) is 11.1. The first kappa shape index (κ1) is 12.5. The highest BCUT2D eigenvalue weighted by molar-refractivity contribution is 9.10. The Morgan fingerprint density at radius 2 is 2.27 bits per heavy atom. The molecule has 0 spiro atoms. The van der Waals surface area contributed by atoms with Crippen molar-refractivity contribution in [3.63, 3.8) is 0 Å². The number of rotatable bonds is 4. The zero-order valence-corrected chi connectivity index (χ0v) is 10.8. The Bertz CT molecular complexity index is 352. The van der Waals surface area contributed by atoms with E-state index in [1.165, 1.54) is 0 Å². The summed E-state index contributed by atoms with van der Waals surface area (Å²) in [5.74, 6) is -0.184. The van der Waals surface area contributed by atoms with Crippen LogP contribution in [0.2, 0.25) is 5.02 Å². The Morgan fingerprint density at radius 3 is 2.87 bits per heavy atom. The lowest BCUT2D eigenvalue weighted by molar-refractivity contribution is -0.143. The summed E-state index contributed by atoms with van der Waals surface area (Å²) in [6, 6.07) is 5.64. The maximum atomic E-state index is 11.1. The van der Waals surface area contributed by atoms with Crippen LogP contribution in [0.3, 0.4) is 0 Å². The van der Waals surface area contributed by atoms with Gasteiger partial charge in [0.1, 0.15) is 0 Å². The largest absolute Gasteiger partial charge is 0.466 e. The maximum Gasteiger partial charge on any atom is 0.306 e. The van der Waals surface area contributed by atoms with Gasteiger partial charge in [-0.25, -0.2) is 0 Å². The van der Waals surface area contributed by atoms with Gasteiger partial charge in [0.2, 0.25) is 0 Å². The second-order valence-electron chi connectivity index (χ2n) is 3.04. The zero-order valence-electron chi connectivity index (χ0n) is 8.43. The van der Waals surface area contributed by atoms with Gasteiger partial charge in [-0.15, -0.1) is 0 Å². The number of esters is 1. The lowest BCUT2D eigenvalue weighted by atomic mass is 10.1. The van der Waals surface area contributed by atoms with Gasteiger partial charge < -0.3 is 4.74 Å². The van der Waals surface area contributed by atoms with E-state index in [0.717, 1.165) is 10.0 Å². The summed E-state index contributed by atoms with van der Waals surface area (Å²) in [6.45, 7) is 2.22. The van der Waals surface area contributed by atoms with Crippen molar-refractivity contribution >= 4 is 33.5 Å². The van der Waals surface area contributed by atoms with Gasteiger partial charge in [0.25, 0.3) is 0 Å². The number of hydrogen-bond donors (Lipinski definition) is 0. The Labute approximate surface area is 103 Å². The molecule has 1 aromatic carbocycles. The van der Waals surface area contributed by atoms with E-state index in [4.69, 9.17) is 16.3 Å². The molecule has 1 aromatic rings. The summed E-state index contributed by atoms with van der Waals surface area (Å²) in [5.41, 5.74) is 0.966. The number of aryl methyl sites for hydroxylation is 1. The molecule has 0 amide bonds. The van der Waals surface area contributed by atoms with Crippen molar-refractivity contribution in [2.75, 3.05) is 6.61 Å². The van der Waals surface area contributed by atoms with Crippen LogP contribution in [0.1, 0.15) is 18.9 Å². The van der Waals surface area contributed by atoms with Crippen molar-refractivity contribution in [3.05, 3.63) is 33.3 Å². The minimum absolute atomic E-state index is 0.184. The van der Waals surface area contributed by atoms with Crippen molar-refractivity contribution in [2.24, 2.45) is 0 Å². The van der Waals surface area contributed by atoms with E-state index in [9.17, 15) is 4.79 Å². The van der Waals surface area contributed by atoms with Crippen LogP contribution < -0.4 is 0 Å². The highest BCUT2D eigenvalue weighted by Crippen LogP contribution is 2.22. The Balaban J connectivity index is 2.54. The van der Waals surface area contributed by atoms with Crippen molar-refractivity contribution in [1.82, 2.24) is 0 Å². The number of halogens is 2. The van der Waals surface area contributed by atoms with Crippen LogP contribution in [-0.2, 0) is 16.0 Å². The van der Waals surface area contributed by atoms with E-state index in [2.05, 4.69) is 15.9 Å². The average molecular weight is 292 g/mol. The van der Waals surface area contributed by atoms with Crippen molar-refractivity contribution in [2.45, 2.75) is 19.8 Å². The van der Waals surface area contributed by atoms with Crippen LogP contribution in [0.25, 0.3) is 0 Å². The molecule has 0 saturated carbocycles. The number of ether oxygens (including phenoxy) is 1. The smallest absolute Gasteiger partial charge is 0.306 e. The Morgan fingerprint density at radius 1 is 1.53 bits per heavy atom. The lowest BCUT2D eigenvalue weighted by Crippen LogP contribution is -2.05. The summed E-state index contributed by atoms with van der Waals surface area (Å²) in [5, 5.41) is 0.675. The van der Waals surface area contributed by atoms with Crippen LogP contribution in [0.4, 0.5) is 0 Å². The first-order chi connectivity index (χ1) is 7.13. The van der Waals surface area contributed by atoms with Crippen molar-refractivity contribution < 1.29 is 9.53 Å². The highest BCUT2D eigenvalue weighted by atomic mass is 79.9. The van der Waals surface area contributed by atoms with Gasteiger partial charge >= 0.3 is 5.97 Å². The third-order valence-electron chi connectivity index (χ3n) is 1.92. The third kappa shape index (κ3) is 4.22. The zero-order chi connectivity index (χ0) is 11.3. The van der Waals surface area contributed by atoms with Gasteiger partial charge in [0.15, 0.2) is 0 Å². The molecule has 0 saturated heterocycles. The number of hydrogen-bond acceptors (Lipinski definition) is 2. The normalized spacial score (nSPS) is 10.1. The molecule has 0 aromatic heterocycles. The molecular formula is C11H12BrClO2. The predicted octanol–water partition coefficient (Wildman–Crippen LogP) is 3.60. The van der Waals surface area contributed by atoms with Crippen molar-refractivity contribution in [1.29, 1.82) is 0 Å². The summed E-state index contributed by atoms with van der Waals surface area (Å²) in [6.07, 6.45) is 0.986. The second kappa shape index (κ2) is 6.13. The van der Waals surface area contributed by atoms with Crippen molar-refractivity contribution in [3.8, 4) is 0 Å². The molecule has 0 aliphatic rings. The monoisotopic (exact) mass is 290 g/mol. The van der Waals surface area contributed by atoms with E-state index in [-0.39, 0.29) is 5.97 Å². The average Bonchev–Trinajstić information content (AvgIpc) is 2.17. The fourth-order valence-electron chi connectivity index (χ4n) is 1.19. The van der Waals surface area contributed by atoms with Gasteiger partial charge in [-0.3, -0.25) is 4.79 Å². The molecular weight excluding hydrogens is 279 g/mol. The fraction of sp³-hybridized carbons (Fsp3) is 0.364. The molecule has 82 valence electrons. The third-order valence-corrected chi connectivity index (χ3v) is 2.76. The minimum atomic E-state index is -0.184. The summed E-state index contributed by atoms with van der Waals surface area (Å²) < 4.78 is 5.77. The van der Waals surface area contributed by atoms with E-state index < -0.39 is 0 Å². The molecule has 0 radical (unpaired) electrons. The molecule has 1 rings (SSSR count). The van der Waals surface area contributed by atoms with Gasteiger partial charge in [-0.2, -0.15) is 0 Å². The van der Waals surface area contributed by atoms with Gasteiger partial charge in [-0.05, 0) is 31.0 Å². The van der Waals surface area contributed by atoms with Crippen LogP contribution in [-0.4, -0.2) is 12.6 Å². The van der Waals surface area contributed by atoms with E-state index in [1.54, 1.807) is 6.92 Å². The molecule has 0 N–H and O–H groups in total. The summed E-state index contributed by atoms with van der Waals surface area (Å²) in [7, 11) is 0. The second-order valence-corrected chi connectivity index (χ2v) is 4.36. The topological polar surface area (TPSA) is 26.3 Å².